The third-order valence-electron chi connectivity index (χ3n) is 3.73. The third-order valence-corrected chi connectivity index (χ3v) is 3.73. The molecule has 1 saturated heterocycles. The molecule has 2 rings (SSSR count). The number of carboxylic acids is 1. The number of carboxylic acid groups (broad SMARTS) is 1. The first-order valence-corrected chi connectivity index (χ1v) is 7.45. The Balaban J connectivity index is 2.02. The summed E-state index contributed by atoms with van der Waals surface area (Å²) in [5, 5.41) is 11.7. The summed E-state index contributed by atoms with van der Waals surface area (Å²) in [5.74, 6) is -1.56. The first-order valence-electron chi connectivity index (χ1n) is 7.45. The van der Waals surface area contributed by atoms with Crippen LogP contribution in [0.2, 0.25) is 0 Å². The van der Waals surface area contributed by atoms with Crippen LogP contribution in [-0.4, -0.2) is 49.3 Å². The maximum absolute atomic E-state index is 12.1. The predicted octanol–water partition coefficient (Wildman–Crippen LogP) is 1.36. The first-order chi connectivity index (χ1) is 10.5. The van der Waals surface area contributed by atoms with Gasteiger partial charge in [-0.2, -0.15) is 0 Å². The Bertz CT molecular complexity index is 521. The molecular weight excluding hydrogens is 284 g/mol. The molecule has 22 heavy (non-hydrogen) atoms. The SMILES string of the molecule is CC(C)C(NC(=O)c1ccc(N2CCOCC2)cc1)C(=O)O. The highest BCUT2D eigenvalue weighted by Crippen LogP contribution is 2.17. The van der Waals surface area contributed by atoms with Crippen molar-refractivity contribution >= 4 is 17.6 Å². The number of anilines is 1. The van der Waals surface area contributed by atoms with E-state index in [1.807, 2.05) is 12.1 Å². The van der Waals surface area contributed by atoms with Crippen LogP contribution in [0, 0.1) is 5.92 Å². The number of nitrogens with one attached hydrogen (secondary N) is 1. The Labute approximate surface area is 130 Å². The zero-order valence-electron chi connectivity index (χ0n) is 12.9. The number of hydrogen-bond donors (Lipinski definition) is 2. The summed E-state index contributed by atoms with van der Waals surface area (Å²) in [5.41, 5.74) is 1.50. The van der Waals surface area contributed by atoms with Crippen LogP contribution < -0.4 is 10.2 Å². The lowest BCUT2D eigenvalue weighted by molar-refractivity contribution is -0.140. The molecule has 0 radical (unpaired) electrons. The van der Waals surface area contributed by atoms with Crippen molar-refractivity contribution < 1.29 is 19.4 Å². The molecule has 1 aliphatic rings. The molecule has 1 aromatic rings. The molecule has 0 aromatic heterocycles. The van der Waals surface area contributed by atoms with E-state index in [2.05, 4.69) is 10.2 Å². The molecule has 1 unspecified atom stereocenters. The van der Waals surface area contributed by atoms with Crippen LogP contribution in [0.1, 0.15) is 24.2 Å². The average molecular weight is 306 g/mol. The van der Waals surface area contributed by atoms with Gasteiger partial charge in [-0.25, -0.2) is 4.79 Å². The van der Waals surface area contributed by atoms with Gasteiger partial charge in [0.25, 0.3) is 5.91 Å². The number of ether oxygens (including phenoxy) is 1. The summed E-state index contributed by atoms with van der Waals surface area (Å²) in [6.07, 6.45) is 0. The van der Waals surface area contributed by atoms with Crippen molar-refractivity contribution in [2.24, 2.45) is 5.92 Å². The molecule has 1 amide bonds. The Morgan fingerprint density at radius 3 is 2.27 bits per heavy atom. The lowest BCUT2D eigenvalue weighted by Gasteiger charge is -2.28. The fourth-order valence-electron chi connectivity index (χ4n) is 2.38. The molecule has 0 spiro atoms. The lowest BCUT2D eigenvalue weighted by Crippen LogP contribution is -2.44. The highest BCUT2D eigenvalue weighted by atomic mass is 16.5. The van der Waals surface area contributed by atoms with E-state index in [1.165, 1.54) is 0 Å². The summed E-state index contributed by atoms with van der Waals surface area (Å²) < 4.78 is 5.31. The van der Waals surface area contributed by atoms with Crippen molar-refractivity contribution in [3.63, 3.8) is 0 Å². The van der Waals surface area contributed by atoms with E-state index in [0.29, 0.717) is 18.8 Å². The van der Waals surface area contributed by atoms with Crippen molar-refractivity contribution in [3.8, 4) is 0 Å². The summed E-state index contributed by atoms with van der Waals surface area (Å²) in [4.78, 5) is 25.5. The second-order valence-electron chi connectivity index (χ2n) is 5.68. The summed E-state index contributed by atoms with van der Waals surface area (Å²) in [6, 6.07) is 6.32. The number of rotatable bonds is 5. The van der Waals surface area contributed by atoms with Crippen LogP contribution in [-0.2, 0) is 9.53 Å². The fraction of sp³-hybridized carbons (Fsp3) is 0.500. The molecular formula is C16H22N2O4. The zero-order chi connectivity index (χ0) is 16.1. The van der Waals surface area contributed by atoms with Crippen LogP contribution in [0.15, 0.2) is 24.3 Å². The van der Waals surface area contributed by atoms with Crippen molar-refractivity contribution in [1.82, 2.24) is 5.32 Å². The molecule has 0 aliphatic carbocycles. The van der Waals surface area contributed by atoms with Crippen molar-refractivity contribution in [3.05, 3.63) is 29.8 Å². The van der Waals surface area contributed by atoms with Gasteiger partial charge in [-0.3, -0.25) is 4.79 Å². The van der Waals surface area contributed by atoms with E-state index in [1.54, 1.807) is 26.0 Å². The topological polar surface area (TPSA) is 78.9 Å². The number of hydrogen-bond acceptors (Lipinski definition) is 4. The molecule has 6 nitrogen and oxygen atoms in total. The third kappa shape index (κ3) is 3.98. The Morgan fingerprint density at radius 2 is 1.77 bits per heavy atom. The van der Waals surface area contributed by atoms with E-state index in [-0.39, 0.29) is 11.8 Å². The van der Waals surface area contributed by atoms with E-state index < -0.39 is 12.0 Å². The number of carbonyl (C=O) groups is 2. The highest BCUT2D eigenvalue weighted by Gasteiger charge is 2.24. The minimum atomic E-state index is -1.02. The van der Waals surface area contributed by atoms with Crippen LogP contribution in [0.5, 0.6) is 0 Å². The molecule has 2 N–H and O–H groups in total. The fourth-order valence-corrected chi connectivity index (χ4v) is 2.38. The van der Waals surface area contributed by atoms with Gasteiger partial charge in [-0.15, -0.1) is 0 Å². The number of nitrogens with zero attached hydrogens (tertiary/aromatic N) is 1. The molecule has 120 valence electrons. The Kier molecular flexibility index (Phi) is 5.38. The molecule has 1 atom stereocenters. The van der Waals surface area contributed by atoms with E-state index in [4.69, 9.17) is 9.84 Å². The maximum atomic E-state index is 12.1. The van der Waals surface area contributed by atoms with Gasteiger partial charge in [-0.1, -0.05) is 13.8 Å². The lowest BCUT2D eigenvalue weighted by atomic mass is 10.0. The van der Waals surface area contributed by atoms with Gasteiger partial charge in [0.2, 0.25) is 0 Å². The normalized spacial score (nSPS) is 16.4. The number of morpholine rings is 1. The molecule has 6 heteroatoms. The van der Waals surface area contributed by atoms with E-state index in [9.17, 15) is 9.59 Å². The minimum Gasteiger partial charge on any atom is -0.480 e. The minimum absolute atomic E-state index is 0.172. The van der Waals surface area contributed by atoms with Crippen LogP contribution in [0.4, 0.5) is 5.69 Å². The van der Waals surface area contributed by atoms with Crippen LogP contribution in [0.3, 0.4) is 0 Å². The average Bonchev–Trinajstić information content (AvgIpc) is 2.52. The molecule has 1 fully saturated rings. The second kappa shape index (κ2) is 7.26. The molecule has 0 bridgehead atoms. The van der Waals surface area contributed by atoms with Gasteiger partial charge >= 0.3 is 5.97 Å². The standard InChI is InChI=1S/C16H22N2O4/c1-11(2)14(16(20)21)17-15(19)12-3-5-13(6-4-12)18-7-9-22-10-8-18/h3-6,11,14H,7-10H2,1-2H3,(H,17,19)(H,20,21). The first kappa shape index (κ1) is 16.3. The summed E-state index contributed by atoms with van der Waals surface area (Å²) in [6.45, 7) is 6.61. The monoisotopic (exact) mass is 306 g/mol. The number of amides is 1. The second-order valence-corrected chi connectivity index (χ2v) is 5.68. The van der Waals surface area contributed by atoms with Crippen molar-refractivity contribution in [2.75, 3.05) is 31.2 Å². The largest absolute Gasteiger partial charge is 0.480 e. The van der Waals surface area contributed by atoms with Crippen LogP contribution in [0.25, 0.3) is 0 Å². The van der Waals surface area contributed by atoms with Gasteiger partial charge < -0.3 is 20.1 Å². The van der Waals surface area contributed by atoms with E-state index in [0.717, 1.165) is 18.8 Å². The maximum Gasteiger partial charge on any atom is 0.326 e. The van der Waals surface area contributed by atoms with Gasteiger partial charge in [0.05, 0.1) is 13.2 Å². The number of benzene rings is 1. The van der Waals surface area contributed by atoms with E-state index >= 15 is 0 Å². The summed E-state index contributed by atoms with van der Waals surface area (Å²) in [7, 11) is 0. The smallest absolute Gasteiger partial charge is 0.326 e. The van der Waals surface area contributed by atoms with Crippen molar-refractivity contribution in [1.29, 1.82) is 0 Å². The van der Waals surface area contributed by atoms with Gasteiger partial charge in [-0.05, 0) is 30.2 Å². The summed E-state index contributed by atoms with van der Waals surface area (Å²) >= 11 is 0. The quantitative estimate of drug-likeness (QED) is 0.859. The van der Waals surface area contributed by atoms with Crippen LogP contribution >= 0.6 is 0 Å². The molecule has 1 aromatic carbocycles. The van der Waals surface area contributed by atoms with Gasteiger partial charge in [0.1, 0.15) is 6.04 Å². The Hall–Kier alpha value is -2.08. The molecule has 1 heterocycles. The molecule has 1 aliphatic heterocycles. The Morgan fingerprint density at radius 1 is 1.18 bits per heavy atom. The number of carbonyl (C=O) groups excluding carboxylic acids is 1. The van der Waals surface area contributed by atoms with Gasteiger partial charge in [0.15, 0.2) is 0 Å². The molecule has 0 saturated carbocycles. The zero-order valence-corrected chi connectivity index (χ0v) is 12.9. The highest BCUT2D eigenvalue weighted by molar-refractivity contribution is 5.96. The van der Waals surface area contributed by atoms with Crippen molar-refractivity contribution in [2.45, 2.75) is 19.9 Å². The predicted molar refractivity (Wildman–Crippen MR) is 83.2 cm³/mol. The number of aliphatic carboxylic acids is 1. The van der Waals surface area contributed by atoms with Gasteiger partial charge in [0, 0.05) is 24.3 Å².